The second-order valence-electron chi connectivity index (χ2n) is 14.8. The lowest BCUT2D eigenvalue weighted by Crippen LogP contribution is -2.47. The molecule has 0 amide bonds. The summed E-state index contributed by atoms with van der Waals surface area (Å²) in [5, 5.41) is 6.89. The number of fused-ring (bicyclic) bond motifs is 1. The number of hydrogen-bond acceptors (Lipinski definition) is 10. The van der Waals surface area contributed by atoms with Gasteiger partial charge >= 0.3 is 24.4 Å². The van der Waals surface area contributed by atoms with E-state index in [2.05, 4.69) is 45.4 Å². The first-order valence-corrected chi connectivity index (χ1v) is 17.1. The van der Waals surface area contributed by atoms with Crippen molar-refractivity contribution in [3.05, 3.63) is 117 Å². The van der Waals surface area contributed by atoms with Crippen molar-refractivity contribution >= 4 is 37.1 Å². The topological polar surface area (TPSA) is 160 Å². The summed E-state index contributed by atoms with van der Waals surface area (Å²) in [6.45, 7) is 14.4. The van der Waals surface area contributed by atoms with E-state index in [9.17, 15) is 24.0 Å². The van der Waals surface area contributed by atoms with Crippen molar-refractivity contribution in [3.8, 4) is 22.6 Å². The predicted octanol–water partition coefficient (Wildman–Crippen LogP) is 7.99. The number of methoxy groups -OCH3 is 1. The molecule has 0 fully saturated rings. The fourth-order valence-electron chi connectivity index (χ4n) is 7.63. The molecule has 282 valence electrons. The number of rotatable bonds is 10. The van der Waals surface area contributed by atoms with Gasteiger partial charge in [0.15, 0.2) is 6.29 Å². The molecule has 4 aromatic carbocycles. The second-order valence-corrected chi connectivity index (χ2v) is 14.8. The molecule has 1 unspecified atom stereocenters. The Morgan fingerprint density at radius 2 is 1.48 bits per heavy atom. The molecule has 11 nitrogen and oxygen atoms in total. The van der Waals surface area contributed by atoms with Crippen molar-refractivity contribution in [1.82, 2.24) is 0 Å². The van der Waals surface area contributed by atoms with Crippen LogP contribution < -0.4 is 9.47 Å². The average Bonchev–Trinajstić information content (AvgIpc) is 3.10. The lowest BCUT2D eigenvalue weighted by molar-refractivity contribution is -0.124. The minimum Gasteiger partial charge on any atom is -0.487 e. The summed E-state index contributed by atoms with van der Waals surface area (Å²) in [7, 11) is 1.29. The van der Waals surface area contributed by atoms with Crippen LogP contribution in [0.15, 0.2) is 72.8 Å². The van der Waals surface area contributed by atoms with Gasteiger partial charge in [0.1, 0.15) is 17.1 Å². The summed E-state index contributed by atoms with van der Waals surface area (Å²) in [5.41, 5.74) is 4.87. The van der Waals surface area contributed by atoms with Crippen molar-refractivity contribution in [2.75, 3.05) is 7.11 Å². The molecule has 1 atom stereocenters. The lowest BCUT2D eigenvalue weighted by Gasteiger charge is -2.47. The summed E-state index contributed by atoms with van der Waals surface area (Å²) in [6, 6.07) is 21.2. The van der Waals surface area contributed by atoms with Crippen molar-refractivity contribution in [2.24, 2.45) is 0 Å². The molecule has 5 rings (SSSR count). The van der Waals surface area contributed by atoms with E-state index in [1.54, 1.807) is 37.3 Å². The van der Waals surface area contributed by atoms with Crippen LogP contribution in [-0.2, 0) is 29.9 Å². The molecule has 1 aliphatic rings. The second kappa shape index (κ2) is 16.3. The molecule has 4 aromatic rings. The highest BCUT2D eigenvalue weighted by Crippen LogP contribution is 2.50. The van der Waals surface area contributed by atoms with Crippen molar-refractivity contribution in [1.29, 1.82) is 0 Å². The van der Waals surface area contributed by atoms with Crippen molar-refractivity contribution < 1.29 is 52.8 Å². The molecule has 0 bridgehead atoms. The van der Waals surface area contributed by atoms with E-state index in [1.165, 1.54) is 13.2 Å². The van der Waals surface area contributed by atoms with Crippen LogP contribution in [0.3, 0.4) is 0 Å². The third kappa shape index (κ3) is 8.91. The quantitative estimate of drug-likeness (QED) is 0.0728. The summed E-state index contributed by atoms with van der Waals surface area (Å²) < 4.78 is 21.9. The molecule has 0 saturated heterocycles. The predicted molar refractivity (Wildman–Crippen MR) is 200 cm³/mol. The van der Waals surface area contributed by atoms with Crippen LogP contribution in [-0.4, -0.2) is 55.0 Å². The molecule has 0 aromatic heterocycles. The Kier molecular flexibility index (Phi) is 12.3. The third-order valence-electron chi connectivity index (χ3n) is 9.60. The van der Waals surface area contributed by atoms with E-state index in [4.69, 9.17) is 24.1 Å². The van der Waals surface area contributed by atoms with Crippen LogP contribution in [0.25, 0.3) is 11.1 Å². The van der Waals surface area contributed by atoms with Gasteiger partial charge in [0, 0.05) is 5.56 Å². The molecule has 0 radical (unpaired) electrons. The maximum atomic E-state index is 13.0. The first kappa shape index (κ1) is 40.7. The summed E-state index contributed by atoms with van der Waals surface area (Å²) in [5.74, 6) is -0.952. The van der Waals surface area contributed by atoms with E-state index < -0.39 is 23.5 Å². The number of carbonyl (C=O) groups excluding carboxylic acids is 5. The number of ether oxygens (including phenoxy) is 4. The maximum Gasteiger partial charge on any atom is 0.345 e. The van der Waals surface area contributed by atoms with Gasteiger partial charge < -0.3 is 24.1 Å². The molecule has 1 heterocycles. The fraction of sp³-hybridized carbons (Fsp3) is 0.302. The number of aldehydes is 1. The monoisotopic (exact) mass is 736 g/mol. The van der Waals surface area contributed by atoms with Gasteiger partial charge in [-0.1, -0.05) is 64.1 Å². The van der Waals surface area contributed by atoms with Gasteiger partial charge in [-0.2, -0.15) is 0 Å². The first-order valence-electron chi connectivity index (χ1n) is 17.1. The Bertz CT molecular complexity index is 2110. The number of hydrogen-bond donors (Lipinski definition) is 1. The zero-order chi connectivity index (χ0) is 40.0. The van der Waals surface area contributed by atoms with E-state index in [1.807, 2.05) is 37.3 Å². The highest BCUT2D eigenvalue weighted by atomic mass is 16.6. The molecular weight excluding hydrogens is 692 g/mol. The van der Waals surface area contributed by atoms with Crippen molar-refractivity contribution in [3.63, 3.8) is 0 Å². The molecule has 0 saturated carbocycles. The Labute approximate surface area is 314 Å². The average molecular weight is 737 g/mol. The Hall–Kier alpha value is -6.10. The number of carboxylic acid groups (broad SMARTS) is 1. The Balaban J connectivity index is 0.00000209. The fourth-order valence-corrected chi connectivity index (χ4v) is 7.63. The van der Waals surface area contributed by atoms with Gasteiger partial charge in [-0.05, 0) is 114 Å². The normalized spacial score (nSPS) is 15.6. The Morgan fingerprint density at radius 3 is 2.11 bits per heavy atom. The lowest BCUT2D eigenvalue weighted by atomic mass is 9.66. The van der Waals surface area contributed by atoms with Crippen LogP contribution >= 0.6 is 0 Å². The van der Waals surface area contributed by atoms with Gasteiger partial charge in [0.2, 0.25) is 0 Å². The summed E-state index contributed by atoms with van der Waals surface area (Å²) >= 11 is 0. The molecule has 11 heteroatoms. The van der Waals surface area contributed by atoms with Crippen LogP contribution in [0, 0.1) is 13.8 Å². The van der Waals surface area contributed by atoms with Crippen LogP contribution in [0.1, 0.15) is 111 Å². The van der Waals surface area contributed by atoms with Gasteiger partial charge in [0.05, 0.1) is 23.8 Å². The van der Waals surface area contributed by atoms with Gasteiger partial charge in [-0.25, -0.2) is 14.4 Å². The molecule has 0 aliphatic carbocycles. The zero-order valence-corrected chi connectivity index (χ0v) is 31.6. The zero-order valence-electron chi connectivity index (χ0n) is 31.6. The summed E-state index contributed by atoms with van der Waals surface area (Å²) in [6.07, 6.45) is 2.09. The van der Waals surface area contributed by atoms with E-state index in [-0.39, 0.29) is 46.0 Å². The highest BCUT2D eigenvalue weighted by Gasteiger charge is 2.45. The minimum atomic E-state index is -0.845. The van der Waals surface area contributed by atoms with E-state index in [0.717, 1.165) is 40.0 Å². The summed E-state index contributed by atoms with van der Waals surface area (Å²) in [4.78, 5) is 68.1. The highest BCUT2D eigenvalue weighted by molar-refractivity contribution is 6.00. The van der Waals surface area contributed by atoms with Crippen LogP contribution in [0.2, 0.25) is 0 Å². The van der Waals surface area contributed by atoms with Gasteiger partial charge in [0.25, 0.3) is 6.47 Å². The minimum absolute atomic E-state index is 0.0530. The van der Waals surface area contributed by atoms with Gasteiger partial charge in [-0.15, -0.1) is 0 Å². The Morgan fingerprint density at radius 1 is 0.815 bits per heavy atom. The van der Waals surface area contributed by atoms with Crippen molar-refractivity contribution in [2.45, 2.75) is 77.7 Å². The maximum absolute atomic E-state index is 13.0. The molecular formula is C43H44O11. The first-order chi connectivity index (χ1) is 25.4. The molecule has 54 heavy (non-hydrogen) atoms. The standard InChI is InChI=1S/C42H42O9.CH2O2/c1-25-9-10-29(19-32(25)39(47)49-24-44)37(45)50-31-14-16-34(26(2)17-31)40(3,4)22-42(7)23-41(5,6)35-15-13-28(20-36(35)51-42)27-11-12-30(21-43)33(18-27)38(46)48-8;2-1-3/h9-21,24H,22-23H2,1-8H3;1H,(H,2,3). The van der Waals surface area contributed by atoms with E-state index in [0.29, 0.717) is 24.0 Å². The number of benzene rings is 4. The van der Waals surface area contributed by atoms with E-state index >= 15 is 0 Å². The molecule has 0 spiro atoms. The van der Waals surface area contributed by atoms with Crippen LogP contribution in [0.4, 0.5) is 0 Å². The number of esters is 3. The largest absolute Gasteiger partial charge is 0.487 e. The molecule has 1 aliphatic heterocycles. The van der Waals surface area contributed by atoms with Crippen LogP contribution in [0.5, 0.6) is 11.5 Å². The van der Waals surface area contributed by atoms with Gasteiger partial charge in [-0.3, -0.25) is 14.4 Å². The third-order valence-corrected chi connectivity index (χ3v) is 9.60. The molecule has 1 N–H and O–H groups in total. The number of carbonyl (C=O) groups is 6. The smallest absolute Gasteiger partial charge is 0.345 e. The number of aryl methyl sites for hydroxylation is 2. The SMILES string of the molecule is COC(=O)c1cc(-c2ccc3c(c2)OC(C)(CC(C)(C)c2ccc(OC(=O)c4ccc(C)c(C(=O)OC=O)c4)cc2C)CC3(C)C)ccc1C=O.O=CO.